The second-order valence-corrected chi connectivity index (χ2v) is 8.59. The van der Waals surface area contributed by atoms with E-state index in [1.54, 1.807) is 0 Å². The van der Waals surface area contributed by atoms with E-state index in [1.807, 2.05) is 0 Å². The number of rotatable bonds is 8. The summed E-state index contributed by atoms with van der Waals surface area (Å²) in [6.45, 7) is 4.35. The molecule has 0 spiro atoms. The Morgan fingerprint density at radius 2 is 1.54 bits per heavy atom. The van der Waals surface area contributed by atoms with Crippen molar-refractivity contribution in [2.45, 2.75) is 104 Å². The van der Waals surface area contributed by atoms with Gasteiger partial charge in [-0.1, -0.05) is 70.4 Å². The molecule has 0 aliphatic heterocycles. The van der Waals surface area contributed by atoms with Crippen LogP contribution in [0.5, 0.6) is 0 Å². The van der Waals surface area contributed by atoms with Gasteiger partial charge in [-0.2, -0.15) is 5.26 Å². The molecule has 0 amide bonds. The Morgan fingerprint density at radius 3 is 2.12 bits per heavy atom. The van der Waals surface area contributed by atoms with Crippen molar-refractivity contribution in [2.24, 2.45) is 23.2 Å². The lowest BCUT2D eigenvalue weighted by Gasteiger charge is -2.39. The van der Waals surface area contributed by atoms with Crippen LogP contribution in [0.15, 0.2) is 12.2 Å². The molecule has 0 aromatic rings. The van der Waals surface area contributed by atoms with Gasteiger partial charge in [0.05, 0.1) is 11.5 Å². The third kappa shape index (κ3) is 5.65. The van der Waals surface area contributed by atoms with Crippen molar-refractivity contribution in [2.75, 3.05) is 0 Å². The van der Waals surface area contributed by atoms with E-state index >= 15 is 0 Å². The van der Waals surface area contributed by atoms with Crippen molar-refractivity contribution in [3.05, 3.63) is 12.2 Å². The fourth-order valence-electron chi connectivity index (χ4n) is 5.25. The standard InChI is InChI=1S/C23H39N/c1-3-5-6-7-8-9-20-10-12-21(13-11-20)22-14-17-23(19-24,16-4-2)18-15-22/h4,16,20-22H,3,5-15,17-18H2,1-2H3. The molecular weight excluding hydrogens is 290 g/mol. The largest absolute Gasteiger partial charge is 0.197 e. The lowest BCUT2D eigenvalue weighted by atomic mass is 9.64. The van der Waals surface area contributed by atoms with Crippen molar-refractivity contribution >= 4 is 0 Å². The lowest BCUT2D eigenvalue weighted by molar-refractivity contribution is 0.136. The summed E-state index contributed by atoms with van der Waals surface area (Å²) < 4.78 is 0. The Bertz CT molecular complexity index is 400. The van der Waals surface area contributed by atoms with Gasteiger partial charge in [-0.05, 0) is 63.2 Å². The summed E-state index contributed by atoms with van der Waals surface area (Å²) in [7, 11) is 0. The summed E-state index contributed by atoms with van der Waals surface area (Å²) in [6.07, 6.45) is 23.5. The highest BCUT2D eigenvalue weighted by Crippen LogP contribution is 2.46. The molecule has 0 saturated heterocycles. The van der Waals surface area contributed by atoms with Crippen LogP contribution in [0, 0.1) is 34.5 Å². The molecule has 2 aliphatic rings. The molecule has 1 heteroatoms. The Balaban J connectivity index is 1.66. The fourth-order valence-corrected chi connectivity index (χ4v) is 5.25. The van der Waals surface area contributed by atoms with Crippen LogP contribution in [0.3, 0.4) is 0 Å². The van der Waals surface area contributed by atoms with E-state index in [1.165, 1.54) is 77.0 Å². The normalized spacial score (nSPS) is 34.3. The smallest absolute Gasteiger partial charge is 0.0753 e. The number of unbranched alkanes of at least 4 members (excludes halogenated alkanes) is 4. The number of hydrogen-bond acceptors (Lipinski definition) is 1. The van der Waals surface area contributed by atoms with E-state index in [0.29, 0.717) is 0 Å². The first kappa shape index (κ1) is 19.6. The molecule has 2 rings (SSSR count). The molecule has 0 atom stereocenters. The number of nitriles is 1. The van der Waals surface area contributed by atoms with Crippen LogP contribution in [0.2, 0.25) is 0 Å². The third-order valence-electron chi connectivity index (χ3n) is 6.90. The van der Waals surface area contributed by atoms with E-state index < -0.39 is 0 Å². The minimum atomic E-state index is -0.138. The summed E-state index contributed by atoms with van der Waals surface area (Å²) in [5, 5.41) is 9.54. The van der Waals surface area contributed by atoms with Crippen molar-refractivity contribution < 1.29 is 0 Å². The van der Waals surface area contributed by atoms with E-state index in [2.05, 4.69) is 32.1 Å². The average molecular weight is 330 g/mol. The molecular formula is C23H39N. The first-order valence-electron chi connectivity index (χ1n) is 10.8. The lowest BCUT2D eigenvalue weighted by Crippen LogP contribution is -2.30. The molecule has 0 heterocycles. The van der Waals surface area contributed by atoms with Crippen LogP contribution in [0.25, 0.3) is 0 Å². The fraction of sp³-hybridized carbons (Fsp3) is 0.870. The highest BCUT2D eigenvalue weighted by atomic mass is 14.4. The minimum Gasteiger partial charge on any atom is -0.197 e. The van der Waals surface area contributed by atoms with Gasteiger partial charge in [-0.15, -0.1) is 0 Å². The van der Waals surface area contributed by atoms with E-state index in [9.17, 15) is 5.26 Å². The highest BCUT2D eigenvalue weighted by molar-refractivity contribution is 5.13. The highest BCUT2D eigenvalue weighted by Gasteiger charge is 2.36. The molecule has 24 heavy (non-hydrogen) atoms. The van der Waals surface area contributed by atoms with Gasteiger partial charge in [0.25, 0.3) is 0 Å². The van der Waals surface area contributed by atoms with Gasteiger partial charge in [0.15, 0.2) is 0 Å². The predicted molar refractivity (Wildman–Crippen MR) is 104 cm³/mol. The van der Waals surface area contributed by atoms with Crippen molar-refractivity contribution in [3.8, 4) is 6.07 Å². The SMILES string of the molecule is CC=CC1(C#N)CCC(C2CCC(CCCCCCC)CC2)CC1. The maximum atomic E-state index is 9.54. The van der Waals surface area contributed by atoms with Gasteiger partial charge in [-0.3, -0.25) is 0 Å². The molecule has 2 fully saturated rings. The van der Waals surface area contributed by atoms with Crippen LogP contribution in [0.4, 0.5) is 0 Å². The van der Waals surface area contributed by atoms with Gasteiger partial charge in [0.2, 0.25) is 0 Å². The zero-order valence-electron chi connectivity index (χ0n) is 16.2. The second-order valence-electron chi connectivity index (χ2n) is 8.59. The Hall–Kier alpha value is -0.770. The molecule has 0 bridgehead atoms. The topological polar surface area (TPSA) is 23.8 Å². The summed E-state index contributed by atoms with van der Waals surface area (Å²) >= 11 is 0. The van der Waals surface area contributed by atoms with Gasteiger partial charge in [-0.25, -0.2) is 0 Å². The monoisotopic (exact) mass is 329 g/mol. The van der Waals surface area contributed by atoms with Crippen LogP contribution in [-0.2, 0) is 0 Å². The zero-order valence-corrected chi connectivity index (χ0v) is 16.2. The van der Waals surface area contributed by atoms with Crippen molar-refractivity contribution in [1.82, 2.24) is 0 Å². The third-order valence-corrected chi connectivity index (χ3v) is 6.90. The van der Waals surface area contributed by atoms with E-state index in [4.69, 9.17) is 0 Å². The first-order valence-corrected chi connectivity index (χ1v) is 10.8. The van der Waals surface area contributed by atoms with Gasteiger partial charge in [0, 0.05) is 0 Å². The number of nitrogens with zero attached hydrogens (tertiary/aromatic N) is 1. The second kappa shape index (κ2) is 10.3. The minimum absolute atomic E-state index is 0.138. The van der Waals surface area contributed by atoms with Gasteiger partial charge < -0.3 is 0 Å². The Morgan fingerprint density at radius 1 is 0.917 bits per heavy atom. The summed E-state index contributed by atoms with van der Waals surface area (Å²) in [5.41, 5.74) is -0.138. The van der Waals surface area contributed by atoms with Crippen LogP contribution in [0.1, 0.15) is 104 Å². The quantitative estimate of drug-likeness (QED) is 0.335. The average Bonchev–Trinajstić information content (AvgIpc) is 2.63. The summed E-state index contributed by atoms with van der Waals surface area (Å²) in [6, 6.07) is 2.60. The van der Waals surface area contributed by atoms with Crippen LogP contribution >= 0.6 is 0 Å². The van der Waals surface area contributed by atoms with E-state index in [-0.39, 0.29) is 5.41 Å². The summed E-state index contributed by atoms with van der Waals surface area (Å²) in [4.78, 5) is 0. The van der Waals surface area contributed by atoms with Crippen LogP contribution < -0.4 is 0 Å². The van der Waals surface area contributed by atoms with Crippen molar-refractivity contribution in [3.63, 3.8) is 0 Å². The molecule has 0 N–H and O–H groups in total. The molecule has 0 radical (unpaired) electrons. The molecule has 0 aromatic heterocycles. The van der Waals surface area contributed by atoms with Crippen molar-refractivity contribution in [1.29, 1.82) is 5.26 Å². The predicted octanol–water partition coefficient (Wildman–Crippen LogP) is 7.43. The Labute approximate surface area is 150 Å². The molecule has 2 aliphatic carbocycles. The maximum Gasteiger partial charge on any atom is 0.0753 e. The Kier molecular flexibility index (Phi) is 8.37. The van der Waals surface area contributed by atoms with Gasteiger partial charge >= 0.3 is 0 Å². The summed E-state index contributed by atoms with van der Waals surface area (Å²) in [5.74, 6) is 2.89. The molecule has 136 valence electrons. The molecule has 1 nitrogen and oxygen atoms in total. The maximum absolute atomic E-state index is 9.54. The number of allylic oxidation sites excluding steroid dienone is 2. The zero-order chi connectivity index (χ0) is 17.3. The van der Waals surface area contributed by atoms with Gasteiger partial charge in [0.1, 0.15) is 0 Å². The first-order chi connectivity index (χ1) is 11.7. The molecule has 2 saturated carbocycles. The van der Waals surface area contributed by atoms with E-state index in [0.717, 1.165) is 30.6 Å². The van der Waals surface area contributed by atoms with Crippen LogP contribution in [-0.4, -0.2) is 0 Å². The number of hydrogen-bond donors (Lipinski definition) is 0. The molecule has 0 aromatic carbocycles. The molecule has 0 unspecified atom stereocenters.